The summed E-state index contributed by atoms with van der Waals surface area (Å²) in [5.74, 6) is -1.07. The largest absolute Gasteiger partial charge is 0.350 e. The Morgan fingerprint density at radius 2 is 1.41 bits per heavy atom. The molecule has 46 heavy (non-hydrogen) atoms. The van der Waals surface area contributed by atoms with Crippen molar-refractivity contribution in [2.75, 3.05) is 10.8 Å². The van der Waals surface area contributed by atoms with Crippen molar-refractivity contribution in [1.82, 2.24) is 10.2 Å². The third-order valence-corrected chi connectivity index (χ3v) is 10.0. The maximum absolute atomic E-state index is 14.6. The summed E-state index contributed by atoms with van der Waals surface area (Å²) in [4.78, 5) is 29.8. The van der Waals surface area contributed by atoms with E-state index in [2.05, 4.69) is 5.32 Å². The zero-order chi connectivity index (χ0) is 33.6. The van der Waals surface area contributed by atoms with Gasteiger partial charge in [0.2, 0.25) is 11.8 Å². The van der Waals surface area contributed by atoms with Gasteiger partial charge in [0.25, 0.3) is 10.0 Å². The molecule has 0 aromatic heterocycles. The smallest absolute Gasteiger partial charge is 0.264 e. The number of halogens is 4. The molecule has 4 aromatic carbocycles. The van der Waals surface area contributed by atoms with Gasteiger partial charge in [0, 0.05) is 28.5 Å². The Balaban J connectivity index is 1.85. The van der Waals surface area contributed by atoms with Crippen molar-refractivity contribution in [3.63, 3.8) is 0 Å². The van der Waals surface area contributed by atoms with Crippen molar-refractivity contribution in [3.8, 4) is 0 Å². The number of hydrogen-bond donors (Lipinski definition) is 1. The summed E-state index contributed by atoms with van der Waals surface area (Å²) in [7, 11) is -4.29. The van der Waals surface area contributed by atoms with E-state index >= 15 is 0 Å². The Bertz CT molecular complexity index is 1800. The average molecular weight is 722 g/mol. The minimum Gasteiger partial charge on any atom is -0.350 e. The molecule has 7 nitrogen and oxygen atoms in total. The SMILES string of the molecule is CC(C)(C)NC(=O)C(Cc1ccccc1)N(Cc1ccc(Cl)cc1Cl)C(=O)CN(c1ccc(Cl)c(Cl)c1)S(=O)(=O)c1ccccc1. The van der Waals surface area contributed by atoms with Crippen LogP contribution in [-0.4, -0.2) is 43.3 Å². The van der Waals surface area contributed by atoms with Gasteiger partial charge in [0.1, 0.15) is 12.6 Å². The Morgan fingerprint density at radius 1 is 0.783 bits per heavy atom. The van der Waals surface area contributed by atoms with E-state index in [4.69, 9.17) is 46.4 Å². The van der Waals surface area contributed by atoms with E-state index in [0.29, 0.717) is 15.6 Å². The first-order valence-electron chi connectivity index (χ1n) is 14.3. The van der Waals surface area contributed by atoms with Gasteiger partial charge in [-0.15, -0.1) is 0 Å². The highest BCUT2D eigenvalue weighted by molar-refractivity contribution is 7.92. The van der Waals surface area contributed by atoms with Crippen LogP contribution < -0.4 is 9.62 Å². The van der Waals surface area contributed by atoms with Crippen LogP contribution in [0.5, 0.6) is 0 Å². The Labute approximate surface area is 290 Å². The van der Waals surface area contributed by atoms with Crippen LogP contribution in [0.4, 0.5) is 5.69 Å². The highest BCUT2D eigenvalue weighted by Gasteiger charge is 2.36. The second-order valence-electron chi connectivity index (χ2n) is 11.6. The zero-order valence-corrected chi connectivity index (χ0v) is 29.2. The van der Waals surface area contributed by atoms with Crippen LogP contribution in [0.2, 0.25) is 20.1 Å². The van der Waals surface area contributed by atoms with Crippen LogP contribution in [0, 0.1) is 0 Å². The summed E-state index contributed by atoms with van der Waals surface area (Å²) in [6, 6.07) is 25.1. The number of carbonyl (C=O) groups is 2. The lowest BCUT2D eigenvalue weighted by Gasteiger charge is -2.35. The third kappa shape index (κ3) is 9.17. The van der Waals surface area contributed by atoms with Crippen molar-refractivity contribution in [3.05, 3.63) is 128 Å². The molecule has 1 unspecified atom stereocenters. The Hall–Kier alpha value is -3.27. The number of amides is 2. The van der Waals surface area contributed by atoms with E-state index in [0.717, 1.165) is 9.87 Å². The van der Waals surface area contributed by atoms with Gasteiger partial charge in [-0.3, -0.25) is 13.9 Å². The number of carbonyl (C=O) groups excluding carboxylic acids is 2. The fraction of sp³-hybridized carbons (Fsp3) is 0.235. The summed E-state index contributed by atoms with van der Waals surface area (Å²) < 4.78 is 29.1. The first kappa shape index (κ1) is 35.6. The molecule has 0 saturated carbocycles. The first-order valence-corrected chi connectivity index (χ1v) is 17.2. The monoisotopic (exact) mass is 719 g/mol. The van der Waals surface area contributed by atoms with Crippen molar-refractivity contribution in [2.45, 2.75) is 50.2 Å². The van der Waals surface area contributed by atoms with E-state index < -0.39 is 40.0 Å². The maximum Gasteiger partial charge on any atom is 0.264 e. The van der Waals surface area contributed by atoms with Crippen LogP contribution >= 0.6 is 46.4 Å². The number of nitrogens with zero attached hydrogens (tertiary/aromatic N) is 2. The van der Waals surface area contributed by atoms with Crippen molar-refractivity contribution < 1.29 is 18.0 Å². The molecule has 1 atom stereocenters. The fourth-order valence-electron chi connectivity index (χ4n) is 4.73. The molecule has 0 spiro atoms. The van der Waals surface area contributed by atoms with E-state index in [1.165, 1.54) is 35.2 Å². The van der Waals surface area contributed by atoms with Gasteiger partial charge >= 0.3 is 0 Å². The summed E-state index contributed by atoms with van der Waals surface area (Å²) in [6.07, 6.45) is 0.151. The van der Waals surface area contributed by atoms with Gasteiger partial charge in [0.15, 0.2) is 0 Å². The van der Waals surface area contributed by atoms with Crippen LogP contribution in [-0.2, 0) is 32.6 Å². The molecule has 1 N–H and O–H groups in total. The molecule has 2 amide bonds. The molecular weight excluding hydrogens is 688 g/mol. The topological polar surface area (TPSA) is 86.8 Å². The predicted octanol–water partition coefficient (Wildman–Crippen LogP) is 8.05. The number of nitrogens with one attached hydrogen (secondary N) is 1. The van der Waals surface area contributed by atoms with E-state index in [1.54, 1.807) is 36.4 Å². The molecule has 0 fully saturated rings. The summed E-state index contributed by atoms with van der Waals surface area (Å²) in [5.41, 5.74) is 0.819. The second kappa shape index (κ2) is 15.1. The molecule has 0 radical (unpaired) electrons. The summed E-state index contributed by atoms with van der Waals surface area (Å²) in [6.45, 7) is 4.75. The van der Waals surface area contributed by atoms with E-state index in [-0.39, 0.29) is 33.6 Å². The molecule has 242 valence electrons. The number of benzene rings is 4. The van der Waals surface area contributed by atoms with Gasteiger partial charge in [-0.25, -0.2) is 8.42 Å². The number of sulfonamides is 1. The highest BCUT2D eigenvalue weighted by atomic mass is 35.5. The summed E-state index contributed by atoms with van der Waals surface area (Å²) in [5, 5.41) is 4.00. The predicted molar refractivity (Wildman–Crippen MR) is 186 cm³/mol. The standard InChI is InChI=1S/C34H33Cl4N3O4S/c1-34(2,3)39-33(43)31(18-23-10-6-4-7-11-23)40(21-24-14-15-25(35)19-29(24)37)32(42)22-41(26-16-17-28(36)30(38)20-26)46(44,45)27-12-8-5-9-13-27/h4-17,19-20,31H,18,21-22H2,1-3H3,(H,39,43). The molecule has 0 aliphatic heterocycles. The minimum atomic E-state index is -4.29. The van der Waals surface area contributed by atoms with Gasteiger partial charge in [-0.1, -0.05) is 101 Å². The van der Waals surface area contributed by atoms with Gasteiger partial charge in [-0.05, 0) is 74.4 Å². The third-order valence-electron chi connectivity index (χ3n) is 6.93. The summed E-state index contributed by atoms with van der Waals surface area (Å²) >= 11 is 25.2. The van der Waals surface area contributed by atoms with Gasteiger partial charge < -0.3 is 10.2 Å². The number of rotatable bonds is 11. The van der Waals surface area contributed by atoms with Crippen molar-refractivity contribution >= 4 is 73.9 Å². The molecule has 4 aromatic rings. The second-order valence-corrected chi connectivity index (χ2v) is 15.1. The zero-order valence-electron chi connectivity index (χ0n) is 25.4. The van der Waals surface area contributed by atoms with Crippen LogP contribution in [0.15, 0.2) is 102 Å². The van der Waals surface area contributed by atoms with Crippen LogP contribution in [0.3, 0.4) is 0 Å². The van der Waals surface area contributed by atoms with Gasteiger partial charge in [-0.2, -0.15) is 0 Å². The lowest BCUT2D eigenvalue weighted by atomic mass is 10.0. The highest BCUT2D eigenvalue weighted by Crippen LogP contribution is 2.31. The molecule has 0 saturated heterocycles. The first-order chi connectivity index (χ1) is 21.7. The average Bonchev–Trinajstić information content (AvgIpc) is 3.00. The molecular formula is C34H33Cl4N3O4S. The molecule has 0 heterocycles. The quantitative estimate of drug-likeness (QED) is 0.170. The number of anilines is 1. The lowest BCUT2D eigenvalue weighted by molar-refractivity contribution is -0.140. The van der Waals surface area contributed by atoms with Crippen LogP contribution in [0.25, 0.3) is 0 Å². The molecule has 0 bridgehead atoms. The van der Waals surface area contributed by atoms with Crippen LogP contribution in [0.1, 0.15) is 31.9 Å². The number of hydrogen-bond acceptors (Lipinski definition) is 4. The molecule has 12 heteroatoms. The Kier molecular flexibility index (Phi) is 11.7. The minimum absolute atomic E-state index is 0.0347. The maximum atomic E-state index is 14.6. The Morgan fingerprint density at radius 3 is 2.00 bits per heavy atom. The van der Waals surface area contributed by atoms with E-state index in [9.17, 15) is 18.0 Å². The molecule has 0 aliphatic rings. The van der Waals surface area contributed by atoms with Crippen molar-refractivity contribution in [2.24, 2.45) is 0 Å². The van der Waals surface area contributed by atoms with Crippen molar-refractivity contribution in [1.29, 1.82) is 0 Å². The van der Waals surface area contributed by atoms with Gasteiger partial charge in [0.05, 0.1) is 20.6 Å². The fourth-order valence-corrected chi connectivity index (χ4v) is 6.92. The normalized spacial score (nSPS) is 12.3. The lowest BCUT2D eigenvalue weighted by Crippen LogP contribution is -2.56. The molecule has 4 rings (SSSR count). The molecule has 0 aliphatic carbocycles. The van der Waals surface area contributed by atoms with E-state index in [1.807, 2.05) is 51.1 Å².